The molecule has 4 aliphatic rings. The third kappa shape index (κ3) is 8.34. The molecule has 6 rings (SSSR count). The zero-order valence-corrected chi connectivity index (χ0v) is 29.0. The smallest absolute Gasteiger partial charge is 0.418 e. The van der Waals surface area contributed by atoms with Gasteiger partial charge in [-0.15, -0.1) is 11.3 Å². The van der Waals surface area contributed by atoms with Crippen molar-refractivity contribution in [2.75, 3.05) is 57.4 Å². The fourth-order valence-corrected chi connectivity index (χ4v) is 8.66. The number of nitrogen functional groups attached to an aromatic ring is 1. The first-order valence-corrected chi connectivity index (χ1v) is 18.1. The van der Waals surface area contributed by atoms with Gasteiger partial charge >= 0.3 is 24.5 Å². The van der Waals surface area contributed by atoms with E-state index in [0.717, 1.165) is 36.5 Å². The molecule has 1 aromatic carbocycles. The first kappa shape index (κ1) is 37.0. The molecule has 1 aromatic heterocycles. The van der Waals surface area contributed by atoms with Gasteiger partial charge in [0.05, 0.1) is 29.0 Å². The Kier molecular flexibility index (Phi) is 10.7. The summed E-state index contributed by atoms with van der Waals surface area (Å²) in [7, 11) is 2.07. The van der Waals surface area contributed by atoms with E-state index in [4.69, 9.17) is 10.5 Å². The summed E-state index contributed by atoms with van der Waals surface area (Å²) < 4.78 is 88.8. The largest absolute Gasteiger partial charge is 0.436 e. The Morgan fingerprint density at radius 1 is 0.902 bits per heavy atom. The highest BCUT2D eigenvalue weighted by Gasteiger charge is 2.42. The maximum atomic E-state index is 14.0. The highest BCUT2D eigenvalue weighted by molar-refractivity contribution is 7.10. The third-order valence-corrected chi connectivity index (χ3v) is 11.7. The van der Waals surface area contributed by atoms with E-state index in [1.54, 1.807) is 4.90 Å². The average molecular weight is 745 g/mol. The van der Waals surface area contributed by atoms with Crippen LogP contribution in [0, 0.1) is 11.8 Å². The van der Waals surface area contributed by atoms with Gasteiger partial charge in [-0.1, -0.05) is 0 Å². The van der Waals surface area contributed by atoms with Gasteiger partial charge in [0.25, 0.3) is 5.91 Å². The molecule has 2 aromatic rings. The maximum Gasteiger partial charge on any atom is 0.418 e. The van der Waals surface area contributed by atoms with Crippen molar-refractivity contribution in [2.24, 2.45) is 11.8 Å². The van der Waals surface area contributed by atoms with Crippen molar-refractivity contribution in [3.05, 3.63) is 45.1 Å². The van der Waals surface area contributed by atoms with E-state index in [9.17, 15) is 40.7 Å². The Labute approximate surface area is 295 Å². The van der Waals surface area contributed by atoms with Crippen LogP contribution >= 0.6 is 11.3 Å². The summed E-state index contributed by atoms with van der Waals surface area (Å²) in [5, 5.41) is 4.76. The second-order valence-corrected chi connectivity index (χ2v) is 15.0. The topological polar surface area (TPSA) is 111 Å². The number of piperidine rings is 3. The number of hydrogen-bond acceptors (Lipinski definition) is 7. The molecular weight excluding hydrogens is 702 g/mol. The van der Waals surface area contributed by atoms with E-state index in [1.165, 1.54) is 21.1 Å². The standard InChI is InChI=1S/C34H42F6N6O4S/c1-43-9-2-21(3-10-43)22-4-11-44(12-5-22)30(47)27(18-20-16-24(33(35,36)37)29(41)25(17-20)34(38,39)40)50-32(49)45-13-6-23(7-14-45)46-19-28-26(8-15-51-28)42-31(46)48/h8,15-17,21-23,27H,2-7,9-14,18-19,41H2,1H3,(H,42,48)/t27-/m1/s1. The predicted molar refractivity (Wildman–Crippen MR) is 178 cm³/mol. The fourth-order valence-electron chi connectivity index (χ4n) is 7.83. The molecule has 51 heavy (non-hydrogen) atoms. The van der Waals surface area contributed by atoms with Crippen LogP contribution in [0.25, 0.3) is 0 Å². The number of carbonyl (C=O) groups excluding carboxylic acids is 3. The molecule has 4 aliphatic heterocycles. The van der Waals surface area contributed by atoms with Crippen molar-refractivity contribution in [2.45, 2.75) is 76.0 Å². The number of urea groups is 1. The van der Waals surface area contributed by atoms with Gasteiger partial charge in [-0.05, 0) is 99.6 Å². The molecule has 0 aliphatic carbocycles. The number of nitrogens with two attached hydrogens (primary N) is 1. The first-order chi connectivity index (χ1) is 24.1. The lowest BCUT2D eigenvalue weighted by molar-refractivity contribution is -0.142. The second-order valence-electron chi connectivity index (χ2n) is 14.0. The van der Waals surface area contributed by atoms with Gasteiger partial charge in [0.2, 0.25) is 0 Å². The van der Waals surface area contributed by atoms with Crippen molar-refractivity contribution in [1.29, 1.82) is 0 Å². The number of alkyl halides is 6. The van der Waals surface area contributed by atoms with E-state index in [2.05, 4.69) is 17.3 Å². The number of ether oxygens (including phenoxy) is 1. The zero-order chi connectivity index (χ0) is 36.7. The summed E-state index contributed by atoms with van der Waals surface area (Å²) in [5.74, 6) is 0.227. The molecule has 0 radical (unpaired) electrons. The van der Waals surface area contributed by atoms with E-state index < -0.39 is 59.3 Å². The third-order valence-electron chi connectivity index (χ3n) is 10.8. The maximum absolute atomic E-state index is 14.0. The van der Waals surface area contributed by atoms with Crippen LogP contribution in [0.15, 0.2) is 23.6 Å². The fraction of sp³-hybridized carbons (Fsp3) is 0.618. The molecule has 0 unspecified atom stereocenters. The monoisotopic (exact) mass is 744 g/mol. The highest BCUT2D eigenvalue weighted by Crippen LogP contribution is 2.42. The van der Waals surface area contributed by atoms with E-state index in [-0.39, 0.29) is 25.2 Å². The quantitative estimate of drug-likeness (QED) is 0.258. The predicted octanol–water partition coefficient (Wildman–Crippen LogP) is 6.51. The first-order valence-electron chi connectivity index (χ1n) is 17.2. The molecule has 17 heteroatoms. The molecule has 4 amide bonds. The Morgan fingerprint density at radius 3 is 2.02 bits per heavy atom. The Hall–Kier alpha value is -3.73. The molecule has 3 N–H and O–H groups in total. The van der Waals surface area contributed by atoms with Crippen molar-refractivity contribution in [3.63, 3.8) is 0 Å². The number of nitrogens with zero attached hydrogens (tertiary/aromatic N) is 4. The number of fused-ring (bicyclic) bond motifs is 1. The number of thiophene rings is 1. The Balaban J connectivity index is 1.17. The average Bonchev–Trinajstić information content (AvgIpc) is 3.54. The number of halogens is 6. The summed E-state index contributed by atoms with van der Waals surface area (Å²) in [4.78, 5) is 48.1. The van der Waals surface area contributed by atoms with Gasteiger partial charge in [0.1, 0.15) is 0 Å². The van der Waals surface area contributed by atoms with Crippen molar-refractivity contribution >= 4 is 40.7 Å². The summed E-state index contributed by atoms with van der Waals surface area (Å²) in [6.45, 7) is 3.42. The molecule has 0 spiro atoms. The number of amides is 4. The van der Waals surface area contributed by atoms with Gasteiger partial charge in [0, 0.05) is 43.5 Å². The number of carbonyl (C=O) groups is 3. The van der Waals surface area contributed by atoms with Gasteiger partial charge in [-0.25, -0.2) is 9.59 Å². The lowest BCUT2D eigenvalue weighted by Gasteiger charge is -2.41. The van der Waals surface area contributed by atoms with Gasteiger partial charge in [-0.2, -0.15) is 26.3 Å². The number of hydrogen-bond donors (Lipinski definition) is 2. The lowest BCUT2D eigenvalue weighted by atomic mass is 9.79. The summed E-state index contributed by atoms with van der Waals surface area (Å²) in [6, 6.07) is 2.39. The zero-order valence-electron chi connectivity index (χ0n) is 28.2. The summed E-state index contributed by atoms with van der Waals surface area (Å²) in [5.41, 5.74) is 0.813. The highest BCUT2D eigenvalue weighted by atomic mass is 32.1. The van der Waals surface area contributed by atoms with E-state index in [1.807, 2.05) is 11.4 Å². The number of nitrogens with one attached hydrogen (secondary N) is 1. The molecule has 10 nitrogen and oxygen atoms in total. The Morgan fingerprint density at radius 2 is 1.45 bits per heavy atom. The Bertz CT molecular complexity index is 1560. The number of benzene rings is 1. The van der Waals surface area contributed by atoms with Gasteiger partial charge in [-0.3, -0.25) is 4.79 Å². The minimum atomic E-state index is -5.20. The van der Waals surface area contributed by atoms with Crippen LogP contribution in [-0.2, 0) is 34.8 Å². The lowest BCUT2D eigenvalue weighted by Crippen LogP contribution is -2.52. The van der Waals surface area contributed by atoms with Crippen LogP contribution < -0.4 is 11.1 Å². The summed E-state index contributed by atoms with van der Waals surface area (Å²) in [6.07, 6.45) is -9.38. The molecule has 3 saturated heterocycles. The van der Waals surface area contributed by atoms with Crippen LogP contribution in [0.3, 0.4) is 0 Å². The van der Waals surface area contributed by atoms with Crippen LogP contribution in [0.4, 0.5) is 47.3 Å². The van der Waals surface area contributed by atoms with E-state index >= 15 is 0 Å². The van der Waals surface area contributed by atoms with Gasteiger partial charge < -0.3 is 35.4 Å². The molecule has 280 valence electrons. The number of rotatable bonds is 6. The van der Waals surface area contributed by atoms with Crippen molar-refractivity contribution in [3.8, 4) is 0 Å². The van der Waals surface area contributed by atoms with Crippen molar-refractivity contribution < 1.29 is 45.5 Å². The molecule has 0 saturated carbocycles. The SMILES string of the molecule is CN1CCC(C2CCN(C(=O)[C@@H](Cc3cc(C(F)(F)F)c(N)c(C(F)(F)F)c3)OC(=O)N3CCC(N4Cc5sccc5NC4=O)CC3)CC2)CC1. The van der Waals surface area contributed by atoms with Crippen molar-refractivity contribution in [1.82, 2.24) is 19.6 Å². The number of likely N-dealkylation sites (tertiary alicyclic amines) is 3. The molecule has 0 bridgehead atoms. The summed E-state index contributed by atoms with van der Waals surface area (Å²) >= 11 is 1.52. The molecule has 5 heterocycles. The minimum Gasteiger partial charge on any atom is -0.436 e. The van der Waals surface area contributed by atoms with Crippen LogP contribution in [0.5, 0.6) is 0 Å². The van der Waals surface area contributed by atoms with E-state index in [0.29, 0.717) is 69.3 Å². The molecular formula is C34H42F6N6O4S. The molecule has 1 atom stereocenters. The normalized spacial score (nSPS) is 21.0. The minimum absolute atomic E-state index is 0.172. The second kappa shape index (κ2) is 14.7. The van der Waals surface area contributed by atoms with Crippen LogP contribution in [-0.4, -0.2) is 96.1 Å². The van der Waals surface area contributed by atoms with Crippen LogP contribution in [0.1, 0.15) is 60.1 Å². The van der Waals surface area contributed by atoms with Crippen LogP contribution in [0.2, 0.25) is 0 Å². The van der Waals surface area contributed by atoms with Gasteiger partial charge in [0.15, 0.2) is 6.10 Å². The molecule has 3 fully saturated rings. The number of anilines is 2.